The summed E-state index contributed by atoms with van der Waals surface area (Å²) < 4.78 is 1.05. The maximum absolute atomic E-state index is 11.8. The monoisotopic (exact) mass is 326 g/mol. The number of carbonyl (C=O) groups excluding carboxylic acids is 1. The highest BCUT2D eigenvalue weighted by Gasteiger charge is 2.23. The number of aryl methyl sites for hydroxylation is 1. The van der Waals surface area contributed by atoms with Crippen molar-refractivity contribution in [2.24, 2.45) is 0 Å². The Morgan fingerprint density at radius 1 is 1.31 bits per heavy atom. The van der Waals surface area contributed by atoms with Crippen molar-refractivity contribution in [3.05, 3.63) is 27.0 Å². The van der Waals surface area contributed by atoms with Crippen molar-refractivity contribution in [3.63, 3.8) is 0 Å². The number of H-pyrrole nitrogens is 1. The molecule has 16 heavy (non-hydrogen) atoms. The molecule has 0 bridgehead atoms. The van der Waals surface area contributed by atoms with Crippen LogP contribution >= 0.6 is 22.6 Å². The van der Waals surface area contributed by atoms with E-state index in [4.69, 9.17) is 5.73 Å². The highest BCUT2D eigenvalue weighted by atomic mass is 127. The second-order valence-corrected chi connectivity index (χ2v) is 5.30. The van der Waals surface area contributed by atoms with E-state index in [1.807, 2.05) is 12.1 Å². The zero-order valence-corrected chi connectivity index (χ0v) is 10.8. The number of ketones is 1. The van der Waals surface area contributed by atoms with E-state index < -0.39 is 0 Å². The van der Waals surface area contributed by atoms with Gasteiger partial charge < -0.3 is 10.7 Å². The molecule has 0 saturated heterocycles. The molecule has 0 unspecified atom stereocenters. The summed E-state index contributed by atoms with van der Waals surface area (Å²) in [7, 11) is 0. The molecule has 3 N–H and O–H groups in total. The lowest BCUT2D eigenvalue weighted by molar-refractivity contribution is 0.0968. The summed E-state index contributed by atoms with van der Waals surface area (Å²) in [6.45, 7) is 0. The molecular formula is C12H11IN2O. The van der Waals surface area contributed by atoms with Gasteiger partial charge in [0.15, 0.2) is 5.78 Å². The molecule has 0 spiro atoms. The summed E-state index contributed by atoms with van der Waals surface area (Å²) in [5.74, 6) is 0.215. The molecule has 2 aromatic rings. The lowest BCUT2D eigenvalue weighted by Crippen LogP contribution is -2.09. The number of nitrogens with one attached hydrogen (secondary N) is 1. The largest absolute Gasteiger partial charge is 0.397 e. The first-order chi connectivity index (χ1) is 7.68. The number of Topliss-reactive ketones (excluding diaryl/α,β-unsaturated/α-hetero) is 1. The second kappa shape index (κ2) is 3.48. The average molecular weight is 326 g/mol. The minimum absolute atomic E-state index is 0.215. The van der Waals surface area contributed by atoms with Crippen molar-refractivity contribution in [1.29, 1.82) is 0 Å². The minimum atomic E-state index is 0.215. The highest BCUT2D eigenvalue weighted by Crippen LogP contribution is 2.34. The number of hydrogen-bond donors (Lipinski definition) is 2. The number of benzene rings is 1. The van der Waals surface area contributed by atoms with Gasteiger partial charge in [-0.25, -0.2) is 0 Å². The van der Waals surface area contributed by atoms with Crippen molar-refractivity contribution in [2.75, 3.05) is 5.73 Å². The summed E-state index contributed by atoms with van der Waals surface area (Å²) in [6, 6.07) is 3.98. The Labute approximate surface area is 107 Å². The molecule has 0 amide bonds. The number of carbonyl (C=O) groups is 1. The van der Waals surface area contributed by atoms with E-state index in [1.165, 1.54) is 0 Å². The Morgan fingerprint density at radius 2 is 2.12 bits per heavy atom. The van der Waals surface area contributed by atoms with Crippen LogP contribution in [0.4, 0.5) is 5.69 Å². The lowest BCUT2D eigenvalue weighted by atomic mass is 9.94. The Morgan fingerprint density at radius 3 is 2.94 bits per heavy atom. The first kappa shape index (κ1) is 10.1. The molecule has 1 aromatic carbocycles. The number of nitrogens with two attached hydrogens (primary N) is 1. The van der Waals surface area contributed by atoms with E-state index in [2.05, 4.69) is 27.6 Å². The number of halogens is 1. The molecule has 1 aliphatic carbocycles. The fourth-order valence-corrected chi connectivity index (χ4v) is 2.85. The quantitative estimate of drug-likeness (QED) is 0.578. The van der Waals surface area contributed by atoms with Crippen LogP contribution in [0.1, 0.15) is 28.9 Å². The third-order valence-corrected chi connectivity index (χ3v) is 4.11. The van der Waals surface area contributed by atoms with Gasteiger partial charge in [-0.05, 0) is 53.1 Å². The normalized spacial score (nSPS) is 15.4. The van der Waals surface area contributed by atoms with Crippen molar-refractivity contribution in [1.82, 2.24) is 4.98 Å². The van der Waals surface area contributed by atoms with Crippen LogP contribution in [0, 0.1) is 3.57 Å². The fourth-order valence-electron chi connectivity index (χ4n) is 2.40. The Bertz CT molecular complexity index is 601. The summed E-state index contributed by atoms with van der Waals surface area (Å²) >= 11 is 2.23. The number of nitrogen functional groups attached to an aromatic ring is 1. The van der Waals surface area contributed by atoms with Gasteiger partial charge in [-0.3, -0.25) is 4.79 Å². The van der Waals surface area contributed by atoms with Crippen molar-refractivity contribution in [3.8, 4) is 0 Å². The van der Waals surface area contributed by atoms with E-state index in [0.717, 1.165) is 44.3 Å². The molecule has 1 aromatic heterocycles. The average Bonchev–Trinajstić information content (AvgIpc) is 2.64. The third kappa shape index (κ3) is 1.29. The molecule has 4 heteroatoms. The van der Waals surface area contributed by atoms with Gasteiger partial charge in [0, 0.05) is 20.9 Å². The van der Waals surface area contributed by atoms with Crippen LogP contribution in [-0.2, 0) is 6.42 Å². The predicted molar refractivity (Wildman–Crippen MR) is 72.7 cm³/mol. The van der Waals surface area contributed by atoms with Gasteiger partial charge in [0.25, 0.3) is 0 Å². The van der Waals surface area contributed by atoms with E-state index in [1.54, 1.807) is 0 Å². The summed E-state index contributed by atoms with van der Waals surface area (Å²) in [6.07, 6.45) is 2.53. The number of anilines is 1. The molecule has 3 nitrogen and oxygen atoms in total. The van der Waals surface area contributed by atoms with Gasteiger partial charge in [0.1, 0.15) is 0 Å². The Balaban J connectivity index is 2.42. The van der Waals surface area contributed by atoms with Crippen LogP contribution in [0.5, 0.6) is 0 Å². The van der Waals surface area contributed by atoms with Crippen LogP contribution in [0.2, 0.25) is 0 Å². The highest BCUT2D eigenvalue weighted by molar-refractivity contribution is 14.1. The standard InChI is InChI=1S/C12H11IN2O/c13-7-4-5-8-10(11(7)14)6-2-1-3-9(16)12(6)15-8/h4-5,15H,1-3,14H2. The lowest BCUT2D eigenvalue weighted by Gasteiger charge is -2.10. The van der Waals surface area contributed by atoms with Crippen LogP contribution < -0.4 is 5.73 Å². The van der Waals surface area contributed by atoms with Crippen LogP contribution in [0.15, 0.2) is 12.1 Å². The van der Waals surface area contributed by atoms with E-state index >= 15 is 0 Å². The Kier molecular flexibility index (Phi) is 2.20. The molecular weight excluding hydrogens is 315 g/mol. The van der Waals surface area contributed by atoms with Crippen LogP contribution in [0.25, 0.3) is 10.9 Å². The number of hydrogen-bond acceptors (Lipinski definition) is 2. The first-order valence-electron chi connectivity index (χ1n) is 5.30. The molecule has 0 saturated carbocycles. The predicted octanol–water partition coefficient (Wildman–Crippen LogP) is 2.87. The zero-order valence-electron chi connectivity index (χ0n) is 8.64. The van der Waals surface area contributed by atoms with Crippen molar-refractivity contribution in [2.45, 2.75) is 19.3 Å². The number of rotatable bonds is 0. The SMILES string of the molecule is Nc1c(I)ccc2[nH]c3c(c12)CCCC3=O. The molecule has 1 heterocycles. The first-order valence-corrected chi connectivity index (χ1v) is 6.38. The summed E-state index contributed by atoms with van der Waals surface area (Å²) in [5, 5.41) is 1.05. The zero-order chi connectivity index (χ0) is 11.3. The van der Waals surface area contributed by atoms with Gasteiger partial charge in [-0.2, -0.15) is 0 Å². The van der Waals surface area contributed by atoms with Gasteiger partial charge in [-0.1, -0.05) is 0 Å². The van der Waals surface area contributed by atoms with E-state index in [9.17, 15) is 4.79 Å². The van der Waals surface area contributed by atoms with Gasteiger partial charge in [0.2, 0.25) is 0 Å². The molecule has 0 atom stereocenters. The van der Waals surface area contributed by atoms with Crippen molar-refractivity contribution < 1.29 is 4.79 Å². The molecule has 1 aliphatic rings. The van der Waals surface area contributed by atoms with E-state index in [-0.39, 0.29) is 5.78 Å². The maximum atomic E-state index is 11.8. The molecule has 82 valence electrons. The van der Waals surface area contributed by atoms with Crippen LogP contribution in [-0.4, -0.2) is 10.8 Å². The summed E-state index contributed by atoms with van der Waals surface area (Å²) in [5.41, 5.74) is 9.76. The van der Waals surface area contributed by atoms with Crippen LogP contribution in [0.3, 0.4) is 0 Å². The molecule has 3 rings (SSSR count). The maximum Gasteiger partial charge on any atom is 0.179 e. The smallest absolute Gasteiger partial charge is 0.179 e. The van der Waals surface area contributed by atoms with Gasteiger partial charge in [0.05, 0.1) is 11.4 Å². The third-order valence-electron chi connectivity index (χ3n) is 3.16. The number of aromatic nitrogens is 1. The molecule has 0 fully saturated rings. The Hall–Kier alpha value is -1.04. The minimum Gasteiger partial charge on any atom is -0.397 e. The topological polar surface area (TPSA) is 58.9 Å². The van der Waals surface area contributed by atoms with E-state index in [0.29, 0.717) is 6.42 Å². The summed E-state index contributed by atoms with van der Waals surface area (Å²) in [4.78, 5) is 15.0. The molecule has 0 aliphatic heterocycles. The van der Waals surface area contributed by atoms with Gasteiger partial charge in [-0.15, -0.1) is 0 Å². The molecule has 0 radical (unpaired) electrons. The van der Waals surface area contributed by atoms with Gasteiger partial charge >= 0.3 is 0 Å². The second-order valence-electron chi connectivity index (χ2n) is 4.14. The number of fused-ring (bicyclic) bond motifs is 3. The number of aromatic amines is 1. The van der Waals surface area contributed by atoms with Crippen molar-refractivity contribution >= 4 is 45.0 Å². The fraction of sp³-hybridized carbons (Fsp3) is 0.250.